The molecule has 7 nitrogen and oxygen atoms in total. The summed E-state index contributed by atoms with van der Waals surface area (Å²) in [7, 11) is 0. The summed E-state index contributed by atoms with van der Waals surface area (Å²) in [5, 5.41) is 53.4. The molecule has 0 saturated heterocycles. The Bertz CT molecular complexity index is 3710. The summed E-state index contributed by atoms with van der Waals surface area (Å²) in [5.41, 5.74) is 1.98. The van der Waals surface area contributed by atoms with Gasteiger partial charge in [-0.15, -0.1) is 0 Å². The zero-order valence-electron chi connectivity index (χ0n) is 34.8. The summed E-state index contributed by atoms with van der Waals surface area (Å²) in [5.74, 6) is 0. The second-order valence-electron chi connectivity index (χ2n) is 16.0. The standard InChI is InChI=1S/C55H25F6N7/c56-54(57,58)41-19-39(20-42(25-41)55(59,60)61)40-23-52(67-48-7-3-1-5-43(48)45-11-9-35(21-50(45)67)37-15-31(26-62)13-32(16-37)27-63)47(30-66)53(24-40)68-49-8-4-2-6-44(49)46-12-10-36(22-51(46)68)38-17-33(28-64)14-34(18-38)29-65/h1-25H. The van der Waals surface area contributed by atoms with E-state index in [1.807, 2.05) is 48.5 Å². The molecule has 2 heterocycles. The molecule has 8 aromatic carbocycles. The monoisotopic (exact) mass is 897 g/mol. The number of para-hydroxylation sites is 2. The van der Waals surface area contributed by atoms with Crippen LogP contribution in [-0.4, -0.2) is 9.13 Å². The number of benzene rings is 8. The molecule has 0 amide bonds. The highest BCUT2D eigenvalue weighted by Crippen LogP contribution is 2.44. The third kappa shape index (κ3) is 7.07. The highest BCUT2D eigenvalue weighted by molar-refractivity contribution is 6.12. The van der Waals surface area contributed by atoms with E-state index in [9.17, 15) is 52.7 Å². The maximum atomic E-state index is 14.5. The Kier molecular flexibility index (Phi) is 9.85. The van der Waals surface area contributed by atoms with Crippen LogP contribution < -0.4 is 0 Å². The quantitative estimate of drug-likeness (QED) is 0.159. The first kappa shape index (κ1) is 42.3. The van der Waals surface area contributed by atoms with Crippen LogP contribution in [0.5, 0.6) is 0 Å². The smallest absolute Gasteiger partial charge is 0.308 e. The van der Waals surface area contributed by atoms with Crippen LogP contribution in [0.1, 0.15) is 38.9 Å². The molecule has 0 radical (unpaired) electrons. The van der Waals surface area contributed by atoms with Crippen molar-refractivity contribution in [1.82, 2.24) is 9.13 Å². The topological polar surface area (TPSA) is 129 Å². The second kappa shape index (κ2) is 15.8. The Morgan fingerprint density at radius 1 is 0.324 bits per heavy atom. The maximum absolute atomic E-state index is 14.5. The van der Waals surface area contributed by atoms with Gasteiger partial charge in [-0.2, -0.15) is 52.7 Å². The average molecular weight is 898 g/mol. The van der Waals surface area contributed by atoms with Gasteiger partial charge in [-0.1, -0.05) is 60.7 Å². The summed E-state index contributed by atoms with van der Waals surface area (Å²) < 4.78 is 90.7. The Balaban J connectivity index is 1.36. The predicted octanol–water partition coefficient (Wildman–Crippen LogP) is 14.3. The van der Waals surface area contributed by atoms with Gasteiger partial charge in [-0.3, -0.25) is 0 Å². The summed E-state index contributed by atoms with van der Waals surface area (Å²) in [6, 6.07) is 49.6. The fourth-order valence-electron chi connectivity index (χ4n) is 9.03. The number of fused-ring (bicyclic) bond motifs is 6. The zero-order chi connectivity index (χ0) is 47.6. The lowest BCUT2D eigenvalue weighted by atomic mass is 9.96. The molecule has 0 aliphatic carbocycles. The van der Waals surface area contributed by atoms with Crippen molar-refractivity contribution >= 4 is 43.6 Å². The minimum atomic E-state index is -5.16. The van der Waals surface area contributed by atoms with Gasteiger partial charge in [-0.25, -0.2) is 0 Å². The predicted molar refractivity (Wildman–Crippen MR) is 245 cm³/mol. The molecule has 0 spiro atoms. The van der Waals surface area contributed by atoms with Crippen molar-refractivity contribution < 1.29 is 26.3 Å². The molecule has 0 saturated carbocycles. The SMILES string of the molecule is N#Cc1cc(C#N)cc(-c2ccc3c4ccccc4n(-c4cc(-c5cc(C(F)(F)F)cc(C(F)(F)F)c5)cc(-n5c6ccccc6c6ccc(-c7cc(C#N)cc(C#N)c7)cc65)c4C#N)c3c2)c1. The molecule has 10 aromatic rings. The molecule has 13 heteroatoms. The van der Waals surface area contributed by atoms with Crippen LogP contribution in [-0.2, 0) is 12.4 Å². The van der Waals surface area contributed by atoms with Crippen molar-refractivity contribution in [2.24, 2.45) is 0 Å². The highest BCUT2D eigenvalue weighted by atomic mass is 19.4. The molecule has 0 bridgehead atoms. The van der Waals surface area contributed by atoms with E-state index in [1.54, 1.807) is 69.8 Å². The van der Waals surface area contributed by atoms with Gasteiger partial charge >= 0.3 is 12.4 Å². The molecule has 0 aliphatic heterocycles. The lowest BCUT2D eigenvalue weighted by molar-refractivity contribution is -0.143. The van der Waals surface area contributed by atoms with Gasteiger partial charge in [0.25, 0.3) is 0 Å². The van der Waals surface area contributed by atoms with E-state index in [0.29, 0.717) is 78.0 Å². The van der Waals surface area contributed by atoms with E-state index in [1.165, 1.54) is 24.3 Å². The van der Waals surface area contributed by atoms with Crippen LogP contribution in [0.15, 0.2) is 152 Å². The molecule has 0 unspecified atom stereocenters. The maximum Gasteiger partial charge on any atom is 0.416 e. The minimum absolute atomic E-state index is 0.00868. The molecule has 0 atom stereocenters. The first-order chi connectivity index (χ1) is 32.7. The van der Waals surface area contributed by atoms with Crippen LogP contribution in [0.4, 0.5) is 26.3 Å². The third-order valence-electron chi connectivity index (χ3n) is 12.0. The Morgan fingerprint density at radius 2 is 0.676 bits per heavy atom. The fourth-order valence-corrected chi connectivity index (χ4v) is 9.03. The first-order valence-corrected chi connectivity index (χ1v) is 20.6. The number of rotatable bonds is 5. The van der Waals surface area contributed by atoms with Crippen LogP contribution in [0, 0.1) is 56.7 Å². The lowest BCUT2D eigenvalue weighted by Gasteiger charge is -2.20. The van der Waals surface area contributed by atoms with Crippen LogP contribution >= 0.6 is 0 Å². The summed E-state index contributed by atoms with van der Waals surface area (Å²) in [4.78, 5) is 0. The summed E-state index contributed by atoms with van der Waals surface area (Å²) >= 11 is 0. The zero-order valence-corrected chi connectivity index (χ0v) is 34.8. The van der Waals surface area contributed by atoms with E-state index in [2.05, 4.69) is 30.3 Å². The molecule has 0 fully saturated rings. The fraction of sp³-hybridized carbons (Fsp3) is 0.0364. The van der Waals surface area contributed by atoms with Gasteiger partial charge in [0.2, 0.25) is 0 Å². The molecule has 0 aliphatic rings. The lowest BCUT2D eigenvalue weighted by Crippen LogP contribution is -2.11. The van der Waals surface area contributed by atoms with Gasteiger partial charge < -0.3 is 9.13 Å². The molecule has 2 aromatic heterocycles. The largest absolute Gasteiger partial charge is 0.416 e. The van der Waals surface area contributed by atoms with Crippen molar-refractivity contribution in [2.45, 2.75) is 12.4 Å². The Morgan fingerprint density at radius 3 is 1.04 bits per heavy atom. The summed E-state index contributed by atoms with van der Waals surface area (Å²) in [6.07, 6.45) is -10.3. The van der Waals surface area contributed by atoms with Crippen molar-refractivity contribution in [3.63, 3.8) is 0 Å². The van der Waals surface area contributed by atoms with E-state index in [-0.39, 0.29) is 50.8 Å². The number of nitrogens with zero attached hydrogens (tertiary/aromatic N) is 7. The van der Waals surface area contributed by atoms with Crippen LogP contribution in [0.2, 0.25) is 0 Å². The second-order valence-corrected chi connectivity index (χ2v) is 16.0. The van der Waals surface area contributed by atoms with Crippen molar-refractivity contribution in [2.75, 3.05) is 0 Å². The normalized spacial score (nSPS) is 11.6. The van der Waals surface area contributed by atoms with E-state index < -0.39 is 29.0 Å². The number of aromatic nitrogens is 2. The first-order valence-electron chi connectivity index (χ1n) is 20.6. The Labute approximate surface area is 382 Å². The molecular formula is C55H25F6N7. The van der Waals surface area contributed by atoms with Crippen LogP contribution in [0.25, 0.3) is 88.4 Å². The molecule has 10 rings (SSSR count). The number of halogens is 6. The van der Waals surface area contributed by atoms with Gasteiger partial charge in [0.1, 0.15) is 11.6 Å². The van der Waals surface area contributed by atoms with Gasteiger partial charge in [-0.05, 0) is 124 Å². The van der Waals surface area contributed by atoms with E-state index in [0.717, 1.165) is 0 Å². The van der Waals surface area contributed by atoms with Crippen molar-refractivity contribution in [1.29, 1.82) is 26.3 Å². The third-order valence-corrected chi connectivity index (χ3v) is 12.0. The number of alkyl halides is 6. The molecule has 322 valence electrons. The number of hydrogen-bond acceptors (Lipinski definition) is 5. The van der Waals surface area contributed by atoms with Gasteiger partial charge in [0.15, 0.2) is 0 Å². The van der Waals surface area contributed by atoms with Crippen LogP contribution in [0.3, 0.4) is 0 Å². The van der Waals surface area contributed by atoms with Gasteiger partial charge in [0, 0.05) is 21.5 Å². The number of hydrogen-bond donors (Lipinski definition) is 0. The molecule has 68 heavy (non-hydrogen) atoms. The van der Waals surface area contributed by atoms with Crippen molar-refractivity contribution in [3.8, 4) is 75.1 Å². The highest BCUT2D eigenvalue weighted by Gasteiger charge is 2.37. The summed E-state index contributed by atoms with van der Waals surface area (Å²) in [6.45, 7) is 0. The molecule has 0 N–H and O–H groups in total. The minimum Gasteiger partial charge on any atom is -0.308 e. The Hall–Kier alpha value is -9.61. The number of nitriles is 5. The molecular weight excluding hydrogens is 873 g/mol. The van der Waals surface area contributed by atoms with Gasteiger partial charge in [0.05, 0.1) is 91.1 Å². The van der Waals surface area contributed by atoms with Crippen molar-refractivity contribution in [3.05, 3.63) is 191 Å². The van der Waals surface area contributed by atoms with E-state index in [4.69, 9.17) is 0 Å². The van der Waals surface area contributed by atoms with E-state index >= 15 is 0 Å². The average Bonchev–Trinajstić information content (AvgIpc) is 3.86.